The Morgan fingerprint density at radius 2 is 1.67 bits per heavy atom. The minimum Gasteiger partial charge on any atom is -0.396 e. The highest BCUT2D eigenvalue weighted by Gasteiger charge is 2.45. The molecule has 0 aromatic heterocycles. The summed E-state index contributed by atoms with van der Waals surface area (Å²) >= 11 is 0. The van der Waals surface area contributed by atoms with Gasteiger partial charge >= 0.3 is 6.18 Å². The van der Waals surface area contributed by atoms with Gasteiger partial charge in [-0.2, -0.15) is 13.2 Å². The molecule has 0 fully saturated rings. The first-order valence-electron chi connectivity index (χ1n) is 3.15. The van der Waals surface area contributed by atoms with E-state index in [1.54, 1.807) is 0 Å². The summed E-state index contributed by atoms with van der Waals surface area (Å²) < 4.78 is 35.7. The number of halogens is 4. The highest BCUT2D eigenvalue weighted by molar-refractivity contribution is 5.85. The lowest BCUT2D eigenvalue weighted by Crippen LogP contribution is -2.50. The predicted molar refractivity (Wildman–Crippen MR) is 42.1 cm³/mol. The second-order valence-corrected chi connectivity index (χ2v) is 3.17. The van der Waals surface area contributed by atoms with Crippen LogP contribution in [0.4, 0.5) is 13.2 Å². The van der Waals surface area contributed by atoms with E-state index in [0.29, 0.717) is 0 Å². The van der Waals surface area contributed by atoms with Crippen molar-refractivity contribution in [2.24, 2.45) is 11.1 Å². The minimum atomic E-state index is -4.44. The molecule has 0 unspecified atom stereocenters. The highest BCUT2D eigenvalue weighted by atomic mass is 35.5. The van der Waals surface area contributed by atoms with Crippen LogP contribution < -0.4 is 5.73 Å². The summed E-state index contributed by atoms with van der Waals surface area (Å²) in [5, 5.41) is 8.55. The molecule has 0 radical (unpaired) electrons. The first-order valence-corrected chi connectivity index (χ1v) is 3.15. The molecule has 3 N–H and O–H groups in total. The van der Waals surface area contributed by atoms with Gasteiger partial charge in [0.15, 0.2) is 0 Å². The van der Waals surface area contributed by atoms with Gasteiger partial charge in [0.1, 0.15) is 6.04 Å². The van der Waals surface area contributed by atoms with Gasteiger partial charge in [0.05, 0.1) is 0 Å². The van der Waals surface area contributed by atoms with Crippen LogP contribution in [0.1, 0.15) is 13.8 Å². The molecular formula is C6H13ClF3NO. The molecule has 6 heteroatoms. The molecule has 0 aliphatic rings. The largest absolute Gasteiger partial charge is 0.404 e. The normalized spacial score (nSPS) is 15.2. The van der Waals surface area contributed by atoms with Gasteiger partial charge in [-0.05, 0) is 0 Å². The van der Waals surface area contributed by atoms with Gasteiger partial charge in [0.25, 0.3) is 0 Å². The summed E-state index contributed by atoms with van der Waals surface area (Å²) in [6.07, 6.45) is -4.44. The van der Waals surface area contributed by atoms with Crippen LogP contribution >= 0.6 is 12.4 Å². The third kappa shape index (κ3) is 3.60. The molecule has 12 heavy (non-hydrogen) atoms. The Hall–Kier alpha value is -0.0000000000000000555. The minimum absolute atomic E-state index is 0. The van der Waals surface area contributed by atoms with Gasteiger partial charge < -0.3 is 10.8 Å². The Labute approximate surface area is 75.3 Å². The zero-order chi connectivity index (χ0) is 9.28. The monoisotopic (exact) mass is 207 g/mol. The van der Waals surface area contributed by atoms with Crippen molar-refractivity contribution in [2.45, 2.75) is 26.1 Å². The summed E-state index contributed by atoms with van der Waals surface area (Å²) in [4.78, 5) is 0. The number of hydrogen-bond acceptors (Lipinski definition) is 2. The molecule has 0 heterocycles. The molecule has 0 rings (SSSR count). The van der Waals surface area contributed by atoms with Crippen molar-refractivity contribution in [3.63, 3.8) is 0 Å². The van der Waals surface area contributed by atoms with E-state index in [-0.39, 0.29) is 12.4 Å². The van der Waals surface area contributed by atoms with Crippen LogP contribution in [0.3, 0.4) is 0 Å². The molecule has 0 aliphatic heterocycles. The van der Waals surface area contributed by atoms with Crippen LogP contribution in [0.15, 0.2) is 0 Å². The van der Waals surface area contributed by atoms with Crippen LogP contribution in [0.25, 0.3) is 0 Å². The van der Waals surface area contributed by atoms with Gasteiger partial charge in [-0.15, -0.1) is 12.4 Å². The number of aliphatic hydroxyl groups is 1. The van der Waals surface area contributed by atoms with Crippen molar-refractivity contribution in [3.05, 3.63) is 0 Å². The van der Waals surface area contributed by atoms with Crippen molar-refractivity contribution in [1.82, 2.24) is 0 Å². The number of nitrogens with two attached hydrogens (primary N) is 1. The lowest BCUT2D eigenvalue weighted by atomic mass is 9.85. The van der Waals surface area contributed by atoms with Crippen molar-refractivity contribution < 1.29 is 18.3 Å². The van der Waals surface area contributed by atoms with Crippen LogP contribution in [-0.2, 0) is 0 Å². The first-order chi connectivity index (χ1) is 4.72. The van der Waals surface area contributed by atoms with Gasteiger partial charge in [0.2, 0.25) is 0 Å². The Morgan fingerprint density at radius 3 is 1.75 bits per heavy atom. The Kier molecular flexibility index (Phi) is 5.20. The quantitative estimate of drug-likeness (QED) is 0.718. The van der Waals surface area contributed by atoms with Crippen LogP contribution in [0.5, 0.6) is 0 Å². The third-order valence-electron chi connectivity index (χ3n) is 1.60. The standard InChI is InChI=1S/C6H12F3NO.ClH/c1-5(2,3-11)4(10)6(7,8)9;/h4,11H,3,10H2,1-2H3;1H/t4-;/m1./s1. The Balaban J connectivity index is 0. The molecule has 1 atom stereocenters. The lowest BCUT2D eigenvalue weighted by molar-refractivity contribution is -0.174. The molecule has 0 spiro atoms. The average Bonchev–Trinajstić information content (AvgIpc) is 1.84. The average molecular weight is 208 g/mol. The highest BCUT2D eigenvalue weighted by Crippen LogP contribution is 2.31. The molecule has 0 aromatic carbocycles. The van der Waals surface area contributed by atoms with Gasteiger partial charge in [-0.25, -0.2) is 0 Å². The van der Waals surface area contributed by atoms with Crippen LogP contribution in [0.2, 0.25) is 0 Å². The summed E-state index contributed by atoms with van der Waals surface area (Å²) in [5.41, 5.74) is 3.55. The van der Waals surface area contributed by atoms with Crippen molar-refractivity contribution in [3.8, 4) is 0 Å². The van der Waals surface area contributed by atoms with E-state index >= 15 is 0 Å². The molecule has 0 saturated heterocycles. The van der Waals surface area contributed by atoms with E-state index in [0.717, 1.165) is 0 Å². The summed E-state index contributed by atoms with van der Waals surface area (Å²) in [5.74, 6) is 0. The van der Waals surface area contributed by atoms with E-state index in [4.69, 9.17) is 10.8 Å². The molecule has 0 saturated carbocycles. The van der Waals surface area contributed by atoms with Crippen molar-refractivity contribution in [1.29, 1.82) is 0 Å². The SMILES string of the molecule is CC(C)(CO)[C@@H](N)C(F)(F)F.Cl. The fraction of sp³-hybridized carbons (Fsp3) is 1.00. The summed E-state index contributed by atoms with van der Waals surface area (Å²) in [7, 11) is 0. The fourth-order valence-electron chi connectivity index (χ4n) is 0.541. The number of rotatable bonds is 2. The van der Waals surface area contributed by atoms with E-state index in [2.05, 4.69) is 0 Å². The lowest BCUT2D eigenvalue weighted by Gasteiger charge is -2.30. The topological polar surface area (TPSA) is 46.2 Å². The molecular weight excluding hydrogens is 195 g/mol. The number of alkyl halides is 3. The van der Waals surface area contributed by atoms with Crippen LogP contribution in [-0.4, -0.2) is 23.9 Å². The molecule has 76 valence electrons. The number of aliphatic hydroxyl groups excluding tert-OH is 1. The summed E-state index contributed by atoms with van der Waals surface area (Å²) in [6, 6.07) is -1.97. The smallest absolute Gasteiger partial charge is 0.396 e. The van der Waals surface area contributed by atoms with Gasteiger partial charge in [-0.1, -0.05) is 13.8 Å². The second-order valence-electron chi connectivity index (χ2n) is 3.17. The molecule has 0 aromatic rings. The molecule has 0 bridgehead atoms. The molecule has 2 nitrogen and oxygen atoms in total. The number of hydrogen-bond donors (Lipinski definition) is 2. The zero-order valence-electron chi connectivity index (χ0n) is 6.85. The van der Waals surface area contributed by atoms with E-state index in [9.17, 15) is 13.2 Å². The first kappa shape index (κ1) is 14.5. The van der Waals surface area contributed by atoms with Gasteiger partial charge in [-0.3, -0.25) is 0 Å². The molecule has 0 amide bonds. The molecule has 0 aliphatic carbocycles. The zero-order valence-corrected chi connectivity index (χ0v) is 7.67. The van der Waals surface area contributed by atoms with E-state index in [1.807, 2.05) is 0 Å². The Bertz CT molecular complexity index is 137. The van der Waals surface area contributed by atoms with Gasteiger partial charge in [0, 0.05) is 12.0 Å². The second kappa shape index (κ2) is 4.30. The van der Waals surface area contributed by atoms with E-state index < -0.39 is 24.2 Å². The maximum Gasteiger partial charge on any atom is 0.404 e. The van der Waals surface area contributed by atoms with Crippen molar-refractivity contribution in [2.75, 3.05) is 6.61 Å². The van der Waals surface area contributed by atoms with Crippen molar-refractivity contribution >= 4 is 12.4 Å². The maximum absolute atomic E-state index is 11.9. The summed E-state index contributed by atoms with van der Waals surface area (Å²) in [6.45, 7) is 1.96. The fourth-order valence-corrected chi connectivity index (χ4v) is 0.541. The third-order valence-corrected chi connectivity index (χ3v) is 1.60. The van der Waals surface area contributed by atoms with E-state index in [1.165, 1.54) is 13.8 Å². The maximum atomic E-state index is 11.9. The Morgan fingerprint density at radius 1 is 1.33 bits per heavy atom. The van der Waals surface area contributed by atoms with Crippen LogP contribution in [0, 0.1) is 5.41 Å². The predicted octanol–water partition coefficient (Wildman–Crippen LogP) is 1.32.